The number of methoxy groups -OCH3 is 1. The smallest absolute Gasteiger partial charge is 0.229 e. The molecule has 0 aliphatic carbocycles. The lowest BCUT2D eigenvalue weighted by Gasteiger charge is -2.44. The van der Waals surface area contributed by atoms with E-state index < -0.39 is 5.41 Å². The number of likely N-dealkylation sites (tertiary alicyclic amines) is 1. The second kappa shape index (κ2) is 9.22. The van der Waals surface area contributed by atoms with Gasteiger partial charge in [-0.1, -0.05) is 38.1 Å². The number of piperidine rings is 1. The number of carbonyl (C=O) groups excluding carboxylic acids is 1. The van der Waals surface area contributed by atoms with E-state index >= 15 is 0 Å². The fraction of sp³-hybridized carbons (Fsp3) is 0.519. The quantitative estimate of drug-likeness (QED) is 0.618. The number of hydrogen-bond donors (Lipinski definition) is 0. The lowest BCUT2D eigenvalue weighted by molar-refractivity contribution is -0.151. The van der Waals surface area contributed by atoms with Crippen LogP contribution in [-0.2, 0) is 16.0 Å². The van der Waals surface area contributed by atoms with Gasteiger partial charge in [0.2, 0.25) is 5.91 Å². The summed E-state index contributed by atoms with van der Waals surface area (Å²) in [6, 6.07) is 12.7. The number of rotatable bonds is 5. The Morgan fingerprint density at radius 2 is 1.81 bits per heavy atom. The van der Waals surface area contributed by atoms with E-state index in [2.05, 4.69) is 30.9 Å². The van der Waals surface area contributed by atoms with Crippen LogP contribution in [0.2, 0.25) is 0 Å². The first-order valence-corrected chi connectivity index (χ1v) is 11.6. The molecule has 0 spiro atoms. The van der Waals surface area contributed by atoms with Gasteiger partial charge in [0.05, 0.1) is 12.5 Å². The van der Waals surface area contributed by atoms with Crippen molar-refractivity contribution in [2.45, 2.75) is 46.0 Å². The highest BCUT2D eigenvalue weighted by atomic mass is 19.1. The Morgan fingerprint density at radius 1 is 1.09 bits per heavy atom. The molecule has 1 amide bonds. The van der Waals surface area contributed by atoms with Crippen LogP contribution in [0, 0.1) is 16.6 Å². The fourth-order valence-electron chi connectivity index (χ4n) is 5.26. The Kier molecular flexibility index (Phi) is 6.57. The minimum Gasteiger partial charge on any atom is -0.496 e. The molecule has 0 radical (unpaired) electrons. The fourth-order valence-corrected chi connectivity index (χ4v) is 5.26. The Bertz CT molecular complexity index is 948. The summed E-state index contributed by atoms with van der Waals surface area (Å²) in [7, 11) is 1.59. The van der Waals surface area contributed by atoms with Gasteiger partial charge in [-0.05, 0) is 66.8 Å². The molecule has 2 saturated heterocycles. The van der Waals surface area contributed by atoms with E-state index in [1.165, 1.54) is 12.1 Å². The number of nitrogens with zero attached hydrogens (tertiary/aromatic N) is 1. The molecule has 2 aliphatic rings. The second-order valence-corrected chi connectivity index (χ2v) is 10.1. The van der Waals surface area contributed by atoms with Crippen molar-refractivity contribution in [3.8, 4) is 16.9 Å². The molecule has 0 saturated carbocycles. The van der Waals surface area contributed by atoms with Crippen molar-refractivity contribution in [3.63, 3.8) is 0 Å². The SMILES string of the molecule is COc1ccc(F)cc1-c1ccc(CC2(C(=O)N3CCCC(C)(C)C3)CCOCC2)cc1. The highest BCUT2D eigenvalue weighted by Gasteiger charge is 2.44. The van der Waals surface area contributed by atoms with Crippen LogP contribution in [0.1, 0.15) is 45.1 Å². The van der Waals surface area contributed by atoms with Crippen molar-refractivity contribution in [2.75, 3.05) is 33.4 Å². The maximum absolute atomic E-state index is 13.8. The third-order valence-electron chi connectivity index (χ3n) is 7.06. The van der Waals surface area contributed by atoms with Crippen LogP contribution in [0.15, 0.2) is 42.5 Å². The minimum absolute atomic E-state index is 0.173. The summed E-state index contributed by atoms with van der Waals surface area (Å²) in [4.78, 5) is 15.9. The molecule has 2 fully saturated rings. The predicted molar refractivity (Wildman–Crippen MR) is 124 cm³/mol. The van der Waals surface area contributed by atoms with E-state index in [4.69, 9.17) is 9.47 Å². The monoisotopic (exact) mass is 439 g/mol. The number of carbonyl (C=O) groups is 1. The highest BCUT2D eigenvalue weighted by Crippen LogP contribution is 2.40. The van der Waals surface area contributed by atoms with Crippen LogP contribution in [0.25, 0.3) is 11.1 Å². The third kappa shape index (κ3) is 4.83. The van der Waals surface area contributed by atoms with Gasteiger partial charge in [0.1, 0.15) is 11.6 Å². The molecule has 2 aromatic rings. The Balaban J connectivity index is 1.57. The van der Waals surface area contributed by atoms with E-state index in [9.17, 15) is 9.18 Å². The van der Waals surface area contributed by atoms with Gasteiger partial charge >= 0.3 is 0 Å². The number of benzene rings is 2. The van der Waals surface area contributed by atoms with Gasteiger partial charge in [-0.2, -0.15) is 0 Å². The first-order valence-electron chi connectivity index (χ1n) is 11.6. The largest absolute Gasteiger partial charge is 0.496 e. The molecule has 2 aliphatic heterocycles. The average molecular weight is 440 g/mol. The van der Waals surface area contributed by atoms with Gasteiger partial charge in [-0.15, -0.1) is 0 Å². The van der Waals surface area contributed by atoms with Gasteiger partial charge in [0.25, 0.3) is 0 Å². The van der Waals surface area contributed by atoms with E-state index in [1.807, 2.05) is 12.1 Å². The number of amides is 1. The molecule has 0 bridgehead atoms. The molecule has 4 rings (SSSR count). The van der Waals surface area contributed by atoms with Gasteiger partial charge in [-0.25, -0.2) is 4.39 Å². The summed E-state index contributed by atoms with van der Waals surface area (Å²) in [5, 5.41) is 0. The molecule has 5 heteroatoms. The molecule has 0 N–H and O–H groups in total. The summed E-state index contributed by atoms with van der Waals surface area (Å²) in [6.07, 6.45) is 4.44. The Morgan fingerprint density at radius 3 is 2.47 bits per heavy atom. The average Bonchev–Trinajstić information content (AvgIpc) is 2.79. The number of ether oxygens (including phenoxy) is 2. The molecular weight excluding hydrogens is 405 g/mol. The van der Waals surface area contributed by atoms with Gasteiger partial charge in [0.15, 0.2) is 0 Å². The molecule has 172 valence electrons. The first-order chi connectivity index (χ1) is 15.3. The van der Waals surface area contributed by atoms with Crippen LogP contribution in [0.4, 0.5) is 4.39 Å². The molecular formula is C27H34FNO3. The van der Waals surface area contributed by atoms with Crippen molar-refractivity contribution in [1.82, 2.24) is 4.90 Å². The third-order valence-corrected chi connectivity index (χ3v) is 7.06. The summed E-state index contributed by atoms with van der Waals surface area (Å²) in [6.45, 7) is 7.43. The maximum atomic E-state index is 13.8. The van der Waals surface area contributed by atoms with Crippen molar-refractivity contribution in [2.24, 2.45) is 10.8 Å². The van der Waals surface area contributed by atoms with E-state index in [0.29, 0.717) is 25.4 Å². The predicted octanol–water partition coefficient (Wildman–Crippen LogP) is 5.49. The van der Waals surface area contributed by atoms with Gasteiger partial charge < -0.3 is 14.4 Å². The molecule has 0 unspecified atom stereocenters. The summed E-state index contributed by atoms with van der Waals surface area (Å²) in [5.41, 5.74) is 2.51. The van der Waals surface area contributed by atoms with E-state index in [0.717, 1.165) is 55.5 Å². The summed E-state index contributed by atoms with van der Waals surface area (Å²) < 4.78 is 24.9. The van der Waals surface area contributed by atoms with Crippen LogP contribution in [-0.4, -0.2) is 44.2 Å². The Labute approximate surface area is 190 Å². The van der Waals surface area contributed by atoms with Crippen molar-refractivity contribution in [3.05, 3.63) is 53.8 Å². The second-order valence-electron chi connectivity index (χ2n) is 10.1. The molecule has 0 aromatic heterocycles. The van der Waals surface area contributed by atoms with E-state index in [-0.39, 0.29) is 17.1 Å². The van der Waals surface area contributed by atoms with Crippen molar-refractivity contribution >= 4 is 5.91 Å². The maximum Gasteiger partial charge on any atom is 0.229 e. The van der Waals surface area contributed by atoms with Gasteiger partial charge in [0, 0.05) is 31.9 Å². The standard InChI is InChI=1S/C27H34FNO3/c1-26(2)11-4-14-29(19-26)25(30)27(12-15-32-16-13-27)18-20-5-7-21(8-6-20)23-17-22(28)9-10-24(23)31-3/h5-10,17H,4,11-16,18-19H2,1-3H3. The molecule has 2 heterocycles. The molecule has 4 nitrogen and oxygen atoms in total. The molecule has 32 heavy (non-hydrogen) atoms. The van der Waals surface area contributed by atoms with Crippen molar-refractivity contribution < 1.29 is 18.7 Å². The number of hydrogen-bond acceptors (Lipinski definition) is 3. The van der Waals surface area contributed by atoms with Crippen LogP contribution in [0.3, 0.4) is 0 Å². The first kappa shape index (κ1) is 22.8. The van der Waals surface area contributed by atoms with E-state index in [1.54, 1.807) is 13.2 Å². The normalized spacial score (nSPS) is 20.1. The zero-order valence-electron chi connectivity index (χ0n) is 19.5. The number of halogens is 1. The summed E-state index contributed by atoms with van der Waals surface area (Å²) >= 11 is 0. The van der Waals surface area contributed by atoms with Gasteiger partial charge in [-0.3, -0.25) is 4.79 Å². The highest BCUT2D eigenvalue weighted by molar-refractivity contribution is 5.83. The minimum atomic E-state index is -0.413. The zero-order chi connectivity index (χ0) is 22.8. The van der Waals surface area contributed by atoms with Crippen molar-refractivity contribution in [1.29, 1.82) is 0 Å². The topological polar surface area (TPSA) is 38.8 Å². The van der Waals surface area contributed by atoms with Crippen LogP contribution in [0.5, 0.6) is 5.75 Å². The zero-order valence-corrected chi connectivity index (χ0v) is 19.5. The van der Waals surface area contributed by atoms with Crippen LogP contribution < -0.4 is 4.74 Å². The summed E-state index contributed by atoms with van der Waals surface area (Å²) in [5.74, 6) is 0.633. The Hall–Kier alpha value is -2.40. The molecule has 2 aromatic carbocycles. The van der Waals surface area contributed by atoms with Crippen LogP contribution >= 0.6 is 0 Å². The molecule has 0 atom stereocenters. The lowest BCUT2D eigenvalue weighted by atomic mass is 9.73. The lowest BCUT2D eigenvalue weighted by Crippen LogP contribution is -2.52.